The van der Waals surface area contributed by atoms with E-state index >= 15 is 0 Å². The topological polar surface area (TPSA) is 68.0 Å². The molecule has 1 N–H and O–H groups in total. The lowest BCUT2D eigenvalue weighted by atomic mass is 9.90. The zero-order chi connectivity index (χ0) is 10.4. The van der Waals surface area contributed by atoms with Gasteiger partial charge in [-0.3, -0.25) is 4.79 Å². The Hall–Kier alpha value is -1.39. The molecule has 1 fully saturated rings. The fraction of sp³-hybridized carbons (Fsp3) is 0.700. The van der Waals surface area contributed by atoms with E-state index in [1.165, 1.54) is 0 Å². The predicted molar refractivity (Wildman–Crippen MR) is 51.4 cm³/mol. The molecule has 2 aliphatic rings. The summed E-state index contributed by atoms with van der Waals surface area (Å²) in [6.07, 6.45) is 4.39. The number of carboxylic acids is 1. The summed E-state index contributed by atoms with van der Waals surface area (Å²) in [5.74, 6) is -0.933. The molecule has 5 nitrogen and oxygen atoms in total. The molecular weight excluding hydrogens is 194 g/mol. The minimum Gasteiger partial charge on any atom is -0.481 e. The molecule has 1 aromatic heterocycles. The van der Waals surface area contributed by atoms with Crippen molar-refractivity contribution in [1.82, 2.24) is 15.0 Å². The fourth-order valence-corrected chi connectivity index (χ4v) is 2.22. The second kappa shape index (κ2) is 3.05. The third-order valence-electron chi connectivity index (χ3n) is 3.28. The van der Waals surface area contributed by atoms with Gasteiger partial charge in [-0.1, -0.05) is 5.21 Å². The molecule has 3 rings (SSSR count). The van der Waals surface area contributed by atoms with Crippen LogP contribution in [-0.4, -0.2) is 26.1 Å². The van der Waals surface area contributed by atoms with Gasteiger partial charge in [-0.2, -0.15) is 0 Å². The number of nitrogens with zero attached hydrogens (tertiary/aromatic N) is 3. The van der Waals surface area contributed by atoms with Crippen molar-refractivity contribution < 1.29 is 9.90 Å². The van der Waals surface area contributed by atoms with Gasteiger partial charge in [-0.05, 0) is 25.7 Å². The highest BCUT2D eigenvalue weighted by molar-refractivity contribution is 5.70. The van der Waals surface area contributed by atoms with Crippen LogP contribution in [0.3, 0.4) is 0 Å². The van der Waals surface area contributed by atoms with Crippen molar-refractivity contribution in [3.63, 3.8) is 0 Å². The molecule has 5 heteroatoms. The predicted octanol–water partition coefficient (Wildman–Crippen LogP) is 0.802. The van der Waals surface area contributed by atoms with Crippen molar-refractivity contribution in [2.24, 2.45) is 5.92 Å². The van der Waals surface area contributed by atoms with E-state index < -0.39 is 5.97 Å². The number of carbonyl (C=O) groups is 1. The van der Waals surface area contributed by atoms with Gasteiger partial charge in [-0.25, -0.2) is 4.68 Å². The molecule has 80 valence electrons. The largest absolute Gasteiger partial charge is 0.481 e. The quantitative estimate of drug-likeness (QED) is 0.779. The van der Waals surface area contributed by atoms with Crippen LogP contribution in [0.15, 0.2) is 0 Å². The molecule has 0 bridgehead atoms. The molecule has 0 amide bonds. The summed E-state index contributed by atoms with van der Waals surface area (Å²) in [5, 5.41) is 17.3. The third kappa shape index (κ3) is 1.42. The summed E-state index contributed by atoms with van der Waals surface area (Å²) in [7, 11) is 0. The van der Waals surface area contributed by atoms with E-state index in [9.17, 15) is 4.79 Å². The zero-order valence-corrected chi connectivity index (χ0v) is 8.39. The number of aromatic nitrogens is 3. The molecule has 1 atom stereocenters. The van der Waals surface area contributed by atoms with Crippen LogP contribution in [0.2, 0.25) is 0 Å². The molecule has 0 spiro atoms. The van der Waals surface area contributed by atoms with Gasteiger partial charge in [0.1, 0.15) is 0 Å². The minimum absolute atomic E-state index is 0.242. The lowest BCUT2D eigenvalue weighted by Gasteiger charge is -2.18. The second-order valence-corrected chi connectivity index (χ2v) is 4.44. The van der Waals surface area contributed by atoms with Crippen LogP contribution >= 0.6 is 0 Å². The SMILES string of the molecule is O=C(O)C1CCc2nnn(C3CC3)c2C1. The number of fused-ring (bicyclic) bond motifs is 1. The maximum absolute atomic E-state index is 10.9. The van der Waals surface area contributed by atoms with E-state index in [0.29, 0.717) is 18.9 Å². The first kappa shape index (κ1) is 8.88. The van der Waals surface area contributed by atoms with Gasteiger partial charge in [0.25, 0.3) is 0 Å². The van der Waals surface area contributed by atoms with E-state index in [0.717, 1.165) is 30.7 Å². The highest BCUT2D eigenvalue weighted by Crippen LogP contribution is 2.37. The Morgan fingerprint density at radius 2 is 2.20 bits per heavy atom. The fourth-order valence-electron chi connectivity index (χ4n) is 2.22. The molecule has 1 aromatic rings. The second-order valence-electron chi connectivity index (χ2n) is 4.44. The summed E-state index contributed by atoms with van der Waals surface area (Å²) in [4.78, 5) is 10.9. The molecule has 15 heavy (non-hydrogen) atoms. The minimum atomic E-state index is -0.691. The Morgan fingerprint density at radius 1 is 1.40 bits per heavy atom. The van der Waals surface area contributed by atoms with Gasteiger partial charge in [-0.15, -0.1) is 5.10 Å². The first-order valence-electron chi connectivity index (χ1n) is 5.41. The van der Waals surface area contributed by atoms with E-state index in [1.807, 2.05) is 4.68 Å². The lowest BCUT2D eigenvalue weighted by Crippen LogP contribution is -2.23. The van der Waals surface area contributed by atoms with Crippen LogP contribution < -0.4 is 0 Å². The summed E-state index contributed by atoms with van der Waals surface area (Å²) in [6.45, 7) is 0. The standard InChI is InChI=1S/C10H13N3O2/c14-10(15)6-1-4-8-9(5-6)13(12-11-8)7-2-3-7/h6-7H,1-5H2,(H,14,15). The molecule has 2 aliphatic carbocycles. The van der Waals surface area contributed by atoms with Crippen molar-refractivity contribution in [1.29, 1.82) is 0 Å². The van der Waals surface area contributed by atoms with Crippen molar-refractivity contribution in [3.8, 4) is 0 Å². The number of rotatable bonds is 2. The maximum Gasteiger partial charge on any atom is 0.306 e. The Bertz CT molecular complexity index is 409. The molecule has 1 heterocycles. The van der Waals surface area contributed by atoms with Crippen molar-refractivity contribution in [2.75, 3.05) is 0 Å². The normalized spacial score (nSPS) is 24.9. The number of hydrogen-bond donors (Lipinski definition) is 1. The van der Waals surface area contributed by atoms with Crippen LogP contribution in [0.25, 0.3) is 0 Å². The zero-order valence-electron chi connectivity index (χ0n) is 8.39. The first-order chi connectivity index (χ1) is 7.25. The van der Waals surface area contributed by atoms with E-state index in [4.69, 9.17) is 5.11 Å². The van der Waals surface area contributed by atoms with Gasteiger partial charge in [0.05, 0.1) is 23.3 Å². The molecule has 0 aromatic carbocycles. The monoisotopic (exact) mass is 207 g/mol. The maximum atomic E-state index is 10.9. The smallest absolute Gasteiger partial charge is 0.306 e. The highest BCUT2D eigenvalue weighted by Gasteiger charge is 2.33. The van der Waals surface area contributed by atoms with Crippen molar-refractivity contribution >= 4 is 5.97 Å². The number of hydrogen-bond acceptors (Lipinski definition) is 3. The first-order valence-corrected chi connectivity index (χ1v) is 5.41. The Labute approximate surface area is 87.1 Å². The van der Waals surface area contributed by atoms with Gasteiger partial charge in [0.2, 0.25) is 0 Å². The van der Waals surface area contributed by atoms with Crippen molar-refractivity contribution in [2.45, 2.75) is 38.1 Å². The summed E-state index contributed by atoms with van der Waals surface area (Å²) in [5.41, 5.74) is 2.08. The Kier molecular flexibility index (Phi) is 1.81. The summed E-state index contributed by atoms with van der Waals surface area (Å²) in [6, 6.07) is 0.494. The molecule has 0 saturated heterocycles. The van der Waals surface area contributed by atoms with Gasteiger partial charge < -0.3 is 5.11 Å². The molecule has 1 unspecified atom stereocenters. The van der Waals surface area contributed by atoms with Crippen LogP contribution in [-0.2, 0) is 17.6 Å². The average molecular weight is 207 g/mol. The summed E-state index contributed by atoms with van der Waals surface area (Å²) < 4.78 is 1.95. The van der Waals surface area contributed by atoms with Gasteiger partial charge in [0, 0.05) is 6.42 Å². The molecule has 0 aliphatic heterocycles. The Balaban J connectivity index is 1.91. The lowest BCUT2D eigenvalue weighted by molar-refractivity contribution is -0.142. The Morgan fingerprint density at radius 3 is 2.87 bits per heavy atom. The summed E-state index contributed by atoms with van der Waals surface area (Å²) >= 11 is 0. The number of aliphatic carboxylic acids is 1. The molecule has 1 saturated carbocycles. The van der Waals surface area contributed by atoms with Crippen LogP contribution in [0.1, 0.15) is 36.7 Å². The molecular formula is C10H13N3O2. The van der Waals surface area contributed by atoms with Crippen LogP contribution in [0, 0.1) is 5.92 Å². The van der Waals surface area contributed by atoms with E-state index in [2.05, 4.69) is 10.3 Å². The number of carboxylic acid groups (broad SMARTS) is 1. The molecule has 0 radical (unpaired) electrons. The van der Waals surface area contributed by atoms with Gasteiger partial charge in [0.15, 0.2) is 0 Å². The van der Waals surface area contributed by atoms with Crippen LogP contribution in [0.4, 0.5) is 0 Å². The number of aryl methyl sites for hydroxylation is 1. The van der Waals surface area contributed by atoms with E-state index in [-0.39, 0.29) is 5.92 Å². The van der Waals surface area contributed by atoms with Gasteiger partial charge >= 0.3 is 5.97 Å². The average Bonchev–Trinajstić information content (AvgIpc) is 2.98. The van der Waals surface area contributed by atoms with E-state index in [1.54, 1.807) is 0 Å². The highest BCUT2D eigenvalue weighted by atomic mass is 16.4. The third-order valence-corrected chi connectivity index (χ3v) is 3.28. The van der Waals surface area contributed by atoms with Crippen LogP contribution in [0.5, 0.6) is 0 Å². The van der Waals surface area contributed by atoms with Crippen molar-refractivity contribution in [3.05, 3.63) is 11.4 Å².